The number of hydrogen-bond donors (Lipinski definition) is 1. The zero-order valence-electron chi connectivity index (χ0n) is 12.4. The van der Waals surface area contributed by atoms with E-state index in [0.29, 0.717) is 12.1 Å². The van der Waals surface area contributed by atoms with Gasteiger partial charge in [-0.2, -0.15) is 0 Å². The van der Waals surface area contributed by atoms with Gasteiger partial charge in [0, 0.05) is 12.1 Å². The van der Waals surface area contributed by atoms with Crippen LogP contribution in [0.5, 0.6) is 0 Å². The summed E-state index contributed by atoms with van der Waals surface area (Å²) < 4.78 is 0. The van der Waals surface area contributed by atoms with Crippen LogP contribution < -0.4 is 5.32 Å². The molecule has 0 saturated heterocycles. The van der Waals surface area contributed by atoms with Crippen molar-refractivity contribution in [3.8, 4) is 0 Å². The van der Waals surface area contributed by atoms with Gasteiger partial charge in [0.2, 0.25) is 0 Å². The van der Waals surface area contributed by atoms with Gasteiger partial charge in [-0.25, -0.2) is 0 Å². The van der Waals surface area contributed by atoms with Gasteiger partial charge in [-0.05, 0) is 42.9 Å². The minimum atomic E-state index is 0.468. The average molecular weight is 265 g/mol. The van der Waals surface area contributed by atoms with Crippen molar-refractivity contribution in [3.05, 3.63) is 70.8 Å². The minimum absolute atomic E-state index is 0.468. The zero-order valence-corrected chi connectivity index (χ0v) is 12.4. The smallest absolute Gasteiger partial charge is 0.0320 e. The van der Waals surface area contributed by atoms with Crippen molar-refractivity contribution in [2.24, 2.45) is 0 Å². The number of benzene rings is 2. The van der Waals surface area contributed by atoms with Crippen LogP contribution in [0.1, 0.15) is 41.6 Å². The monoisotopic (exact) mass is 265 g/mol. The Labute approximate surface area is 122 Å². The molecular weight excluding hydrogens is 242 g/mol. The van der Waals surface area contributed by atoms with E-state index in [9.17, 15) is 0 Å². The largest absolute Gasteiger partial charge is 0.307 e. The van der Waals surface area contributed by atoms with Crippen LogP contribution in [-0.4, -0.2) is 6.04 Å². The second-order valence-corrected chi connectivity index (χ2v) is 5.91. The topological polar surface area (TPSA) is 12.0 Å². The maximum atomic E-state index is 3.85. The second-order valence-electron chi connectivity index (χ2n) is 5.91. The molecule has 0 amide bonds. The first-order valence-corrected chi connectivity index (χ1v) is 7.65. The van der Waals surface area contributed by atoms with Gasteiger partial charge in [-0.1, -0.05) is 61.0 Å². The molecule has 1 heteroatoms. The van der Waals surface area contributed by atoms with Crippen molar-refractivity contribution >= 4 is 0 Å². The highest BCUT2D eigenvalue weighted by molar-refractivity contribution is 5.33. The third-order valence-electron chi connectivity index (χ3n) is 4.38. The summed E-state index contributed by atoms with van der Waals surface area (Å²) >= 11 is 0. The normalized spacial score (nSPS) is 16.1. The van der Waals surface area contributed by atoms with E-state index in [-0.39, 0.29) is 0 Å². The van der Waals surface area contributed by atoms with Crippen LogP contribution in [-0.2, 0) is 12.8 Å². The third-order valence-corrected chi connectivity index (χ3v) is 4.38. The summed E-state index contributed by atoms with van der Waals surface area (Å²) in [7, 11) is 0. The summed E-state index contributed by atoms with van der Waals surface area (Å²) in [6, 6.07) is 18.8. The molecule has 0 heterocycles. The first-order chi connectivity index (χ1) is 9.76. The van der Waals surface area contributed by atoms with Gasteiger partial charge < -0.3 is 5.32 Å². The SMILES string of the molecule is CCC(NC1Cc2ccccc2C1)c1ccc(C)cc1. The highest BCUT2D eigenvalue weighted by Crippen LogP contribution is 2.25. The summed E-state index contributed by atoms with van der Waals surface area (Å²) in [5, 5.41) is 3.85. The van der Waals surface area contributed by atoms with E-state index in [4.69, 9.17) is 0 Å². The number of hydrogen-bond acceptors (Lipinski definition) is 1. The number of aryl methyl sites for hydroxylation is 1. The molecule has 1 N–H and O–H groups in total. The van der Waals surface area contributed by atoms with E-state index in [1.54, 1.807) is 0 Å². The fourth-order valence-corrected chi connectivity index (χ4v) is 3.21. The average Bonchev–Trinajstić information content (AvgIpc) is 2.88. The summed E-state index contributed by atoms with van der Waals surface area (Å²) in [6.45, 7) is 4.41. The molecule has 0 aliphatic heterocycles. The van der Waals surface area contributed by atoms with E-state index >= 15 is 0 Å². The Kier molecular flexibility index (Phi) is 3.88. The molecule has 0 aromatic heterocycles. The molecule has 2 aromatic carbocycles. The number of fused-ring (bicyclic) bond motifs is 1. The molecule has 1 aliphatic carbocycles. The first-order valence-electron chi connectivity index (χ1n) is 7.65. The molecule has 2 aromatic rings. The Morgan fingerprint density at radius 2 is 1.60 bits per heavy atom. The molecule has 1 nitrogen and oxygen atoms in total. The van der Waals surface area contributed by atoms with Gasteiger partial charge in [0.1, 0.15) is 0 Å². The van der Waals surface area contributed by atoms with Crippen LogP contribution in [0.3, 0.4) is 0 Å². The first kappa shape index (κ1) is 13.4. The highest BCUT2D eigenvalue weighted by atomic mass is 15.0. The van der Waals surface area contributed by atoms with Crippen LogP contribution in [0.2, 0.25) is 0 Å². The molecule has 20 heavy (non-hydrogen) atoms. The van der Waals surface area contributed by atoms with Crippen LogP contribution in [0.4, 0.5) is 0 Å². The Balaban J connectivity index is 1.69. The molecule has 1 atom stereocenters. The zero-order chi connectivity index (χ0) is 13.9. The fourth-order valence-electron chi connectivity index (χ4n) is 3.21. The van der Waals surface area contributed by atoms with E-state index in [2.05, 4.69) is 67.7 Å². The van der Waals surface area contributed by atoms with Gasteiger partial charge in [0.15, 0.2) is 0 Å². The maximum Gasteiger partial charge on any atom is 0.0320 e. The Morgan fingerprint density at radius 3 is 2.15 bits per heavy atom. The maximum absolute atomic E-state index is 3.85. The summed E-state index contributed by atoms with van der Waals surface area (Å²) in [4.78, 5) is 0. The quantitative estimate of drug-likeness (QED) is 0.873. The molecule has 1 unspecified atom stereocenters. The summed E-state index contributed by atoms with van der Waals surface area (Å²) in [5.41, 5.74) is 5.78. The van der Waals surface area contributed by atoms with Crippen molar-refractivity contribution in [1.29, 1.82) is 0 Å². The van der Waals surface area contributed by atoms with Crippen molar-refractivity contribution < 1.29 is 0 Å². The lowest BCUT2D eigenvalue weighted by atomic mass is 10.0. The third kappa shape index (κ3) is 2.78. The molecule has 0 fully saturated rings. The van der Waals surface area contributed by atoms with Crippen molar-refractivity contribution in [1.82, 2.24) is 5.32 Å². The van der Waals surface area contributed by atoms with E-state index in [0.717, 1.165) is 6.42 Å². The molecule has 3 rings (SSSR count). The van der Waals surface area contributed by atoms with E-state index < -0.39 is 0 Å². The van der Waals surface area contributed by atoms with Gasteiger partial charge in [0.05, 0.1) is 0 Å². The Morgan fingerprint density at radius 1 is 1.00 bits per heavy atom. The number of nitrogens with one attached hydrogen (secondary N) is 1. The van der Waals surface area contributed by atoms with E-state index in [1.807, 2.05) is 0 Å². The van der Waals surface area contributed by atoms with Gasteiger partial charge in [0.25, 0.3) is 0 Å². The lowest BCUT2D eigenvalue weighted by Gasteiger charge is -2.22. The van der Waals surface area contributed by atoms with Crippen molar-refractivity contribution in [2.75, 3.05) is 0 Å². The van der Waals surface area contributed by atoms with Crippen LogP contribution in [0, 0.1) is 6.92 Å². The van der Waals surface area contributed by atoms with Crippen molar-refractivity contribution in [2.45, 2.75) is 45.2 Å². The van der Waals surface area contributed by atoms with Crippen LogP contribution in [0.25, 0.3) is 0 Å². The summed E-state index contributed by atoms with van der Waals surface area (Å²) in [5.74, 6) is 0. The molecule has 0 radical (unpaired) electrons. The molecular formula is C19H23N. The molecule has 0 bridgehead atoms. The van der Waals surface area contributed by atoms with Crippen LogP contribution >= 0.6 is 0 Å². The second kappa shape index (κ2) is 5.80. The molecule has 0 spiro atoms. The predicted octanol–water partition coefficient (Wildman–Crippen LogP) is 4.20. The molecule has 1 aliphatic rings. The number of rotatable bonds is 4. The summed E-state index contributed by atoms with van der Waals surface area (Å²) in [6.07, 6.45) is 3.47. The molecule has 104 valence electrons. The molecule has 0 saturated carbocycles. The highest BCUT2D eigenvalue weighted by Gasteiger charge is 2.23. The standard InChI is InChI=1S/C19H23N/c1-3-19(15-10-8-14(2)9-11-15)20-18-12-16-6-4-5-7-17(16)13-18/h4-11,18-20H,3,12-13H2,1-2H3. The van der Waals surface area contributed by atoms with Crippen molar-refractivity contribution in [3.63, 3.8) is 0 Å². The van der Waals surface area contributed by atoms with Gasteiger partial charge in [-0.3, -0.25) is 0 Å². The van der Waals surface area contributed by atoms with Crippen LogP contribution in [0.15, 0.2) is 48.5 Å². The minimum Gasteiger partial charge on any atom is -0.307 e. The Hall–Kier alpha value is -1.60. The van der Waals surface area contributed by atoms with Gasteiger partial charge >= 0.3 is 0 Å². The lowest BCUT2D eigenvalue weighted by molar-refractivity contribution is 0.435. The van der Waals surface area contributed by atoms with E-state index in [1.165, 1.54) is 35.1 Å². The predicted molar refractivity (Wildman–Crippen MR) is 85.0 cm³/mol. The fraction of sp³-hybridized carbons (Fsp3) is 0.368. The van der Waals surface area contributed by atoms with Gasteiger partial charge in [-0.15, -0.1) is 0 Å². The Bertz CT molecular complexity index is 546. The lowest BCUT2D eigenvalue weighted by Crippen LogP contribution is -2.33.